The van der Waals surface area contributed by atoms with Gasteiger partial charge in [-0.2, -0.15) is 0 Å². The van der Waals surface area contributed by atoms with Gasteiger partial charge < -0.3 is 20.2 Å². The second-order valence-corrected chi connectivity index (χ2v) is 6.53. The molecule has 0 saturated carbocycles. The minimum absolute atomic E-state index is 0.167. The van der Waals surface area contributed by atoms with Crippen LogP contribution in [0.1, 0.15) is 27.8 Å². The number of hydrogen-bond acceptors (Lipinski definition) is 6. The zero-order valence-corrected chi connectivity index (χ0v) is 15.9. The van der Waals surface area contributed by atoms with Crippen molar-refractivity contribution in [3.05, 3.63) is 75.1 Å². The number of benzene rings is 2. The van der Waals surface area contributed by atoms with E-state index in [9.17, 15) is 19.2 Å². The maximum atomic E-state index is 12.3. The van der Waals surface area contributed by atoms with E-state index in [2.05, 4.69) is 5.32 Å². The Labute approximate surface area is 169 Å². The van der Waals surface area contributed by atoms with Gasteiger partial charge in [0.25, 0.3) is 5.91 Å². The van der Waals surface area contributed by atoms with Crippen LogP contribution in [0.3, 0.4) is 0 Å². The molecule has 0 aliphatic heterocycles. The molecule has 2 aromatic carbocycles. The smallest absolute Gasteiger partial charge is 0.375 e. The van der Waals surface area contributed by atoms with E-state index in [1.807, 2.05) is 0 Å². The highest BCUT2D eigenvalue weighted by atomic mass is 35.5. The highest BCUT2D eigenvalue weighted by Gasteiger charge is 2.22. The van der Waals surface area contributed by atoms with Crippen LogP contribution in [0.4, 0.5) is 5.69 Å². The van der Waals surface area contributed by atoms with E-state index in [1.54, 1.807) is 0 Å². The maximum absolute atomic E-state index is 12.3. The first-order valence-electron chi connectivity index (χ1n) is 8.40. The number of anilines is 1. The standard InChI is InChI=1S/C20H15ClN2O6/c1-10(19(26)23-13-5-2-11(3-6-13)18(22)25)28-20(27)17-9-15(24)14-8-12(21)4-7-16(14)29-17/h2-10H,1H3,(H2,22,25)(H,23,26)/t10-/m1/s1. The molecule has 1 heterocycles. The second-order valence-electron chi connectivity index (χ2n) is 6.09. The molecule has 1 aromatic heterocycles. The third-order valence-electron chi connectivity index (χ3n) is 3.98. The molecular formula is C20H15ClN2O6. The Morgan fingerprint density at radius 1 is 1.10 bits per heavy atom. The number of fused-ring (bicyclic) bond motifs is 1. The molecule has 29 heavy (non-hydrogen) atoms. The van der Waals surface area contributed by atoms with Crippen LogP contribution in [0, 0.1) is 0 Å². The summed E-state index contributed by atoms with van der Waals surface area (Å²) in [5, 5.41) is 3.11. The van der Waals surface area contributed by atoms with Crippen LogP contribution in [0.15, 0.2) is 57.7 Å². The summed E-state index contributed by atoms with van der Waals surface area (Å²) in [6.07, 6.45) is -1.18. The van der Waals surface area contributed by atoms with Crippen LogP contribution in [0.2, 0.25) is 5.02 Å². The number of esters is 1. The van der Waals surface area contributed by atoms with Gasteiger partial charge in [0, 0.05) is 22.3 Å². The van der Waals surface area contributed by atoms with Crippen molar-refractivity contribution in [1.82, 2.24) is 0 Å². The van der Waals surface area contributed by atoms with Crippen LogP contribution in [0.5, 0.6) is 0 Å². The summed E-state index contributed by atoms with van der Waals surface area (Å²) in [4.78, 5) is 47.7. The average molecular weight is 415 g/mol. The highest BCUT2D eigenvalue weighted by Crippen LogP contribution is 2.18. The van der Waals surface area contributed by atoms with Gasteiger partial charge >= 0.3 is 5.97 Å². The van der Waals surface area contributed by atoms with E-state index >= 15 is 0 Å². The van der Waals surface area contributed by atoms with E-state index < -0.39 is 29.3 Å². The number of nitrogens with one attached hydrogen (secondary N) is 1. The van der Waals surface area contributed by atoms with E-state index in [0.29, 0.717) is 10.7 Å². The lowest BCUT2D eigenvalue weighted by Gasteiger charge is -2.13. The maximum Gasteiger partial charge on any atom is 0.375 e. The molecule has 2 amide bonds. The number of carbonyl (C=O) groups excluding carboxylic acids is 3. The van der Waals surface area contributed by atoms with Crippen molar-refractivity contribution in [3.63, 3.8) is 0 Å². The van der Waals surface area contributed by atoms with Gasteiger partial charge in [0.15, 0.2) is 11.5 Å². The SMILES string of the molecule is C[C@@H](OC(=O)c1cc(=O)c2cc(Cl)ccc2o1)C(=O)Nc1ccc(C(N)=O)cc1. The van der Waals surface area contributed by atoms with Crippen molar-refractivity contribution < 1.29 is 23.5 Å². The predicted molar refractivity (Wildman–Crippen MR) is 106 cm³/mol. The fraction of sp³-hybridized carbons (Fsp3) is 0.100. The Kier molecular flexibility index (Phi) is 5.65. The van der Waals surface area contributed by atoms with Crippen LogP contribution < -0.4 is 16.5 Å². The molecule has 148 valence electrons. The van der Waals surface area contributed by atoms with Crippen LogP contribution in [0.25, 0.3) is 11.0 Å². The lowest BCUT2D eigenvalue weighted by molar-refractivity contribution is -0.123. The van der Waals surface area contributed by atoms with Gasteiger partial charge in [0.1, 0.15) is 5.58 Å². The van der Waals surface area contributed by atoms with Gasteiger partial charge in [-0.15, -0.1) is 0 Å². The number of hydrogen-bond donors (Lipinski definition) is 2. The lowest BCUT2D eigenvalue weighted by atomic mass is 10.2. The molecule has 0 unspecified atom stereocenters. The number of rotatable bonds is 5. The quantitative estimate of drug-likeness (QED) is 0.617. The monoisotopic (exact) mass is 414 g/mol. The van der Waals surface area contributed by atoms with Crippen molar-refractivity contribution in [2.75, 3.05) is 5.32 Å². The molecular weight excluding hydrogens is 400 g/mol. The zero-order chi connectivity index (χ0) is 21.1. The summed E-state index contributed by atoms with van der Waals surface area (Å²) in [6, 6.07) is 11.3. The Bertz CT molecular complexity index is 1170. The highest BCUT2D eigenvalue weighted by molar-refractivity contribution is 6.31. The van der Waals surface area contributed by atoms with E-state index in [1.165, 1.54) is 49.4 Å². The minimum atomic E-state index is -1.18. The van der Waals surface area contributed by atoms with Crippen LogP contribution in [-0.2, 0) is 9.53 Å². The Morgan fingerprint density at radius 3 is 2.45 bits per heavy atom. The molecule has 1 atom stereocenters. The van der Waals surface area contributed by atoms with E-state index in [0.717, 1.165) is 6.07 Å². The fourth-order valence-electron chi connectivity index (χ4n) is 2.46. The molecule has 3 N–H and O–H groups in total. The summed E-state index contributed by atoms with van der Waals surface area (Å²) in [7, 11) is 0. The summed E-state index contributed by atoms with van der Waals surface area (Å²) < 4.78 is 10.5. The molecule has 3 aromatic rings. The summed E-state index contributed by atoms with van der Waals surface area (Å²) in [5.41, 5.74) is 5.53. The molecule has 0 radical (unpaired) electrons. The van der Waals surface area contributed by atoms with Gasteiger partial charge in [-0.1, -0.05) is 11.6 Å². The topological polar surface area (TPSA) is 129 Å². The number of ether oxygens (including phenoxy) is 1. The Balaban J connectivity index is 1.70. The number of nitrogens with two attached hydrogens (primary N) is 1. The van der Waals surface area contributed by atoms with E-state index in [4.69, 9.17) is 26.5 Å². The van der Waals surface area contributed by atoms with Gasteiger partial charge in [-0.3, -0.25) is 14.4 Å². The summed E-state index contributed by atoms with van der Waals surface area (Å²) in [6.45, 7) is 1.37. The van der Waals surface area contributed by atoms with Crippen molar-refractivity contribution in [2.45, 2.75) is 13.0 Å². The number of carbonyl (C=O) groups is 3. The van der Waals surface area contributed by atoms with Crippen molar-refractivity contribution in [2.24, 2.45) is 5.73 Å². The molecule has 8 nitrogen and oxygen atoms in total. The zero-order valence-electron chi connectivity index (χ0n) is 15.1. The number of amides is 2. The van der Waals surface area contributed by atoms with Crippen LogP contribution >= 0.6 is 11.6 Å². The molecule has 0 aliphatic carbocycles. The normalized spacial score (nSPS) is 11.7. The average Bonchev–Trinajstić information content (AvgIpc) is 2.68. The van der Waals surface area contributed by atoms with Crippen molar-refractivity contribution in [1.29, 1.82) is 0 Å². The van der Waals surface area contributed by atoms with Crippen molar-refractivity contribution in [3.8, 4) is 0 Å². The first kappa shape index (κ1) is 20.1. The van der Waals surface area contributed by atoms with Gasteiger partial charge in [0.05, 0.1) is 5.39 Å². The predicted octanol–water partition coefficient (Wildman–Crippen LogP) is 2.73. The number of halogens is 1. The molecule has 3 rings (SSSR count). The van der Waals surface area contributed by atoms with Crippen LogP contribution in [-0.4, -0.2) is 23.9 Å². The third-order valence-corrected chi connectivity index (χ3v) is 4.22. The van der Waals surface area contributed by atoms with E-state index in [-0.39, 0.29) is 22.3 Å². The Morgan fingerprint density at radius 2 is 1.79 bits per heavy atom. The van der Waals surface area contributed by atoms with Crippen molar-refractivity contribution >= 4 is 46.0 Å². The lowest BCUT2D eigenvalue weighted by Crippen LogP contribution is -2.30. The molecule has 9 heteroatoms. The first-order chi connectivity index (χ1) is 13.7. The molecule has 0 fully saturated rings. The second kappa shape index (κ2) is 8.15. The molecule has 0 aliphatic rings. The van der Waals surface area contributed by atoms with Gasteiger partial charge in [0.2, 0.25) is 11.7 Å². The first-order valence-corrected chi connectivity index (χ1v) is 8.77. The minimum Gasteiger partial charge on any atom is -0.449 e. The summed E-state index contributed by atoms with van der Waals surface area (Å²) >= 11 is 5.85. The van der Waals surface area contributed by atoms with Gasteiger partial charge in [-0.05, 0) is 49.4 Å². The summed E-state index contributed by atoms with van der Waals surface area (Å²) in [5.74, 6) is -2.51. The Hall–Kier alpha value is -3.65. The molecule has 0 spiro atoms. The number of primary amides is 1. The third kappa shape index (κ3) is 4.61. The fourth-order valence-corrected chi connectivity index (χ4v) is 2.64. The van der Waals surface area contributed by atoms with Gasteiger partial charge in [-0.25, -0.2) is 4.79 Å². The molecule has 0 saturated heterocycles. The molecule has 0 bridgehead atoms. The largest absolute Gasteiger partial charge is 0.449 e.